The number of anilines is 2. The highest BCUT2D eigenvalue weighted by atomic mass is 35.5. The number of fused-ring (bicyclic) bond motifs is 1. The molecule has 4 heterocycles. The lowest BCUT2D eigenvalue weighted by atomic mass is 10.0. The van der Waals surface area contributed by atoms with Gasteiger partial charge in [0.25, 0.3) is 5.91 Å². The maximum atomic E-state index is 13.2. The van der Waals surface area contributed by atoms with Gasteiger partial charge in [0.1, 0.15) is 23.5 Å². The summed E-state index contributed by atoms with van der Waals surface area (Å²) in [5, 5.41) is 18.8. The highest BCUT2D eigenvalue weighted by molar-refractivity contribution is 6.32. The molecular formula is C23H20Cl2N6O3. The number of hydrogen-bond donors (Lipinski definition) is 2. The number of nitrogens with zero attached hydrogens (tertiary/aromatic N) is 5. The Bertz CT molecular complexity index is 1370. The van der Waals surface area contributed by atoms with Crippen molar-refractivity contribution in [3.8, 4) is 11.5 Å². The van der Waals surface area contributed by atoms with Crippen LogP contribution >= 0.6 is 23.2 Å². The molecule has 4 aromatic rings. The SMILES string of the molecule is Cn1nccc1Nc1ncc(Cl)c(-c2cc3c(o2)CCN([C@@H](O)Cc2cccc(Cl)c2)C3=O)n1. The van der Waals surface area contributed by atoms with Crippen molar-refractivity contribution in [1.29, 1.82) is 0 Å². The number of benzene rings is 1. The van der Waals surface area contributed by atoms with Gasteiger partial charge >= 0.3 is 0 Å². The van der Waals surface area contributed by atoms with Gasteiger partial charge in [-0.05, 0) is 23.8 Å². The van der Waals surface area contributed by atoms with Crippen LogP contribution < -0.4 is 5.32 Å². The predicted molar refractivity (Wildman–Crippen MR) is 127 cm³/mol. The van der Waals surface area contributed by atoms with E-state index in [-0.39, 0.29) is 17.4 Å². The molecule has 1 aliphatic heterocycles. The van der Waals surface area contributed by atoms with Crippen molar-refractivity contribution < 1.29 is 14.3 Å². The summed E-state index contributed by atoms with van der Waals surface area (Å²) >= 11 is 12.4. The first kappa shape index (κ1) is 22.4. The van der Waals surface area contributed by atoms with Crippen LogP contribution in [0.4, 0.5) is 11.8 Å². The van der Waals surface area contributed by atoms with E-state index < -0.39 is 6.23 Å². The van der Waals surface area contributed by atoms with Crippen molar-refractivity contribution in [2.24, 2.45) is 7.05 Å². The number of carbonyl (C=O) groups excluding carboxylic acids is 1. The average molecular weight is 499 g/mol. The maximum absolute atomic E-state index is 13.2. The highest BCUT2D eigenvalue weighted by Crippen LogP contribution is 2.33. The number of amides is 1. The van der Waals surface area contributed by atoms with E-state index in [1.165, 1.54) is 11.1 Å². The third-order valence-electron chi connectivity index (χ3n) is 5.59. The van der Waals surface area contributed by atoms with Crippen molar-refractivity contribution in [3.05, 3.63) is 75.7 Å². The molecule has 11 heteroatoms. The molecule has 34 heavy (non-hydrogen) atoms. The molecule has 0 fully saturated rings. The fourth-order valence-corrected chi connectivity index (χ4v) is 4.27. The Morgan fingerprint density at radius 2 is 2.12 bits per heavy atom. The minimum Gasteiger partial charge on any atom is -0.458 e. The van der Waals surface area contributed by atoms with Crippen LogP contribution in [0.3, 0.4) is 0 Å². The number of nitrogens with one attached hydrogen (secondary N) is 1. The predicted octanol–water partition coefficient (Wildman–Crippen LogP) is 4.08. The molecule has 0 saturated heterocycles. The first-order chi connectivity index (χ1) is 16.4. The lowest BCUT2D eigenvalue weighted by molar-refractivity contribution is 0.00532. The molecule has 0 radical (unpaired) electrons. The molecule has 3 aromatic heterocycles. The van der Waals surface area contributed by atoms with E-state index in [0.717, 1.165) is 5.56 Å². The number of rotatable bonds is 6. The van der Waals surface area contributed by atoms with Crippen molar-refractivity contribution in [3.63, 3.8) is 0 Å². The average Bonchev–Trinajstić information content (AvgIpc) is 3.42. The minimum atomic E-state index is -0.991. The van der Waals surface area contributed by atoms with E-state index in [2.05, 4.69) is 20.4 Å². The number of aromatic nitrogens is 4. The number of aliphatic hydroxyl groups is 1. The van der Waals surface area contributed by atoms with Crippen molar-refractivity contribution in [2.45, 2.75) is 19.1 Å². The molecule has 1 amide bonds. The van der Waals surface area contributed by atoms with Crippen molar-refractivity contribution in [2.75, 3.05) is 11.9 Å². The van der Waals surface area contributed by atoms with Crippen molar-refractivity contribution in [1.82, 2.24) is 24.6 Å². The van der Waals surface area contributed by atoms with Gasteiger partial charge in [-0.25, -0.2) is 9.97 Å². The van der Waals surface area contributed by atoms with Gasteiger partial charge in [-0.1, -0.05) is 35.3 Å². The van der Waals surface area contributed by atoms with Crippen LogP contribution in [-0.2, 0) is 19.9 Å². The number of aryl methyl sites for hydroxylation is 1. The lowest BCUT2D eigenvalue weighted by Crippen LogP contribution is -2.45. The minimum absolute atomic E-state index is 0.271. The van der Waals surface area contributed by atoms with Crippen molar-refractivity contribution >= 4 is 40.9 Å². The molecule has 174 valence electrons. The van der Waals surface area contributed by atoms with Crippen LogP contribution in [0.1, 0.15) is 21.7 Å². The topological polar surface area (TPSA) is 109 Å². The fraction of sp³-hybridized carbons (Fsp3) is 0.217. The Morgan fingerprint density at radius 3 is 2.88 bits per heavy atom. The molecule has 5 rings (SSSR count). The van der Waals surface area contributed by atoms with E-state index in [1.54, 1.807) is 42.2 Å². The van der Waals surface area contributed by atoms with Gasteiger partial charge < -0.3 is 19.7 Å². The third-order valence-corrected chi connectivity index (χ3v) is 6.10. The lowest BCUT2D eigenvalue weighted by Gasteiger charge is -2.30. The summed E-state index contributed by atoms with van der Waals surface area (Å²) in [4.78, 5) is 23.3. The number of hydrogen-bond acceptors (Lipinski definition) is 7. The number of halogens is 2. The second-order valence-corrected chi connectivity index (χ2v) is 8.71. The number of furan rings is 1. The Hall–Kier alpha value is -3.40. The monoisotopic (exact) mass is 498 g/mol. The zero-order chi connectivity index (χ0) is 23.8. The van der Waals surface area contributed by atoms with E-state index in [9.17, 15) is 9.90 Å². The summed E-state index contributed by atoms with van der Waals surface area (Å²) in [6, 6.07) is 10.6. The van der Waals surface area contributed by atoms with Crippen LogP contribution in [0.2, 0.25) is 10.0 Å². The van der Waals surface area contributed by atoms with Crippen LogP contribution in [0.25, 0.3) is 11.5 Å². The molecular weight excluding hydrogens is 479 g/mol. The van der Waals surface area contributed by atoms with Crippen LogP contribution in [0.15, 0.2) is 53.2 Å². The molecule has 2 N–H and O–H groups in total. The fourth-order valence-electron chi connectivity index (χ4n) is 3.87. The number of aliphatic hydroxyl groups excluding tert-OH is 1. The van der Waals surface area contributed by atoms with E-state index in [4.69, 9.17) is 27.6 Å². The summed E-state index contributed by atoms with van der Waals surface area (Å²) < 4.78 is 7.60. The van der Waals surface area contributed by atoms with Crippen LogP contribution in [0, 0.1) is 0 Å². The second-order valence-electron chi connectivity index (χ2n) is 7.87. The van der Waals surface area contributed by atoms with Gasteiger partial charge in [0.05, 0.1) is 23.0 Å². The first-order valence-corrected chi connectivity index (χ1v) is 11.3. The summed E-state index contributed by atoms with van der Waals surface area (Å²) in [5.41, 5.74) is 1.57. The van der Waals surface area contributed by atoms with Crippen LogP contribution in [-0.4, -0.2) is 48.4 Å². The molecule has 0 aliphatic carbocycles. The molecule has 0 saturated carbocycles. The zero-order valence-corrected chi connectivity index (χ0v) is 19.6. The van der Waals surface area contributed by atoms with Gasteiger partial charge in [0.15, 0.2) is 5.76 Å². The quantitative estimate of drug-likeness (QED) is 0.412. The van der Waals surface area contributed by atoms with E-state index in [0.29, 0.717) is 52.5 Å². The van der Waals surface area contributed by atoms with Gasteiger partial charge in [-0.15, -0.1) is 0 Å². The highest BCUT2D eigenvalue weighted by Gasteiger charge is 2.33. The van der Waals surface area contributed by atoms with Gasteiger partial charge in [-0.2, -0.15) is 5.10 Å². The molecule has 1 aliphatic rings. The first-order valence-electron chi connectivity index (χ1n) is 10.5. The maximum Gasteiger partial charge on any atom is 0.259 e. The molecule has 1 aromatic carbocycles. The molecule has 0 unspecified atom stereocenters. The zero-order valence-electron chi connectivity index (χ0n) is 18.1. The summed E-state index contributed by atoms with van der Waals surface area (Å²) in [6.07, 6.45) is 2.85. The van der Waals surface area contributed by atoms with Gasteiger partial charge in [0.2, 0.25) is 5.95 Å². The summed E-state index contributed by atoms with van der Waals surface area (Å²) in [7, 11) is 1.79. The summed E-state index contributed by atoms with van der Waals surface area (Å²) in [5.74, 6) is 1.57. The Kier molecular flexibility index (Phi) is 5.99. The molecule has 9 nitrogen and oxygen atoms in total. The molecule has 1 atom stereocenters. The standard InChI is InChI=1S/C23H20Cl2N6O3/c1-30-19(5-7-27-30)28-23-26-12-16(25)21(29-23)18-11-15-17(34-18)6-8-31(22(15)33)20(32)10-13-3-2-4-14(24)9-13/h2-5,7,9,11-12,20,32H,6,8,10H2,1H3,(H,26,28,29)/t20-/m0/s1. The Morgan fingerprint density at radius 1 is 1.26 bits per heavy atom. The Balaban J connectivity index is 1.38. The molecule has 0 bridgehead atoms. The summed E-state index contributed by atoms with van der Waals surface area (Å²) in [6.45, 7) is 0.325. The molecule has 0 spiro atoms. The Labute approximate surface area is 204 Å². The largest absolute Gasteiger partial charge is 0.458 e. The number of carbonyl (C=O) groups is 1. The van der Waals surface area contributed by atoms with Gasteiger partial charge in [0, 0.05) is 37.5 Å². The van der Waals surface area contributed by atoms with E-state index in [1.807, 2.05) is 12.1 Å². The second kappa shape index (κ2) is 9.09. The third kappa shape index (κ3) is 4.37. The smallest absolute Gasteiger partial charge is 0.259 e. The van der Waals surface area contributed by atoms with E-state index >= 15 is 0 Å². The van der Waals surface area contributed by atoms with Gasteiger partial charge in [-0.3, -0.25) is 9.48 Å². The van der Waals surface area contributed by atoms with Crippen LogP contribution in [0.5, 0.6) is 0 Å². The normalized spacial score (nSPS) is 14.2.